The Balaban J connectivity index is 2.76. The van der Waals surface area contributed by atoms with Crippen molar-refractivity contribution in [3.05, 3.63) is 29.8 Å². The zero-order valence-electron chi connectivity index (χ0n) is 17.2. The number of rotatable bonds is 15. The summed E-state index contributed by atoms with van der Waals surface area (Å²) in [5.74, 6) is 0.512. The predicted octanol–water partition coefficient (Wildman–Crippen LogP) is 8.15. The number of hydrogen-bond donors (Lipinski definition) is 1. The van der Waals surface area contributed by atoms with Crippen LogP contribution < -0.4 is 0 Å². The standard InChI is InChI=1S/C24H42O/c1-4-7-10-11-12-13-16-21-24(19-8-5-2,20-9-6-3)22-17-14-15-18-23(22)25/h14-15,17-18,25H,4-13,16,19-21H2,1-3H3. The summed E-state index contributed by atoms with van der Waals surface area (Å²) in [5, 5.41) is 10.5. The molecule has 0 atom stereocenters. The van der Waals surface area contributed by atoms with Crippen molar-refractivity contribution in [1.29, 1.82) is 0 Å². The van der Waals surface area contributed by atoms with Gasteiger partial charge in [0.25, 0.3) is 0 Å². The lowest BCUT2D eigenvalue weighted by molar-refractivity contribution is 0.294. The molecule has 1 heteroatoms. The summed E-state index contributed by atoms with van der Waals surface area (Å²) in [6.45, 7) is 6.84. The van der Waals surface area contributed by atoms with Gasteiger partial charge in [-0.2, -0.15) is 0 Å². The molecule has 1 N–H and O–H groups in total. The predicted molar refractivity (Wildman–Crippen MR) is 111 cm³/mol. The van der Waals surface area contributed by atoms with Gasteiger partial charge < -0.3 is 5.11 Å². The van der Waals surface area contributed by atoms with Crippen LogP contribution in [0.3, 0.4) is 0 Å². The first-order valence-electron chi connectivity index (χ1n) is 11.0. The van der Waals surface area contributed by atoms with Crippen LogP contribution >= 0.6 is 0 Å². The van der Waals surface area contributed by atoms with Crippen molar-refractivity contribution in [3.63, 3.8) is 0 Å². The largest absolute Gasteiger partial charge is 0.508 e. The molecule has 0 saturated carbocycles. The Morgan fingerprint density at radius 1 is 0.640 bits per heavy atom. The van der Waals surface area contributed by atoms with E-state index in [-0.39, 0.29) is 5.41 Å². The molecule has 0 aliphatic heterocycles. The van der Waals surface area contributed by atoms with E-state index in [9.17, 15) is 5.11 Å². The minimum absolute atomic E-state index is 0.181. The lowest BCUT2D eigenvalue weighted by Crippen LogP contribution is -2.26. The van der Waals surface area contributed by atoms with Gasteiger partial charge in [-0.05, 0) is 30.7 Å². The molecule has 0 aliphatic rings. The van der Waals surface area contributed by atoms with Crippen LogP contribution in [0.15, 0.2) is 24.3 Å². The first kappa shape index (κ1) is 22.1. The number of phenols is 1. The molecule has 1 rings (SSSR count). The zero-order valence-corrected chi connectivity index (χ0v) is 17.2. The monoisotopic (exact) mass is 346 g/mol. The molecule has 1 aromatic rings. The Kier molecular flexibility index (Phi) is 11.7. The van der Waals surface area contributed by atoms with Gasteiger partial charge in [0, 0.05) is 5.56 Å². The Bertz CT molecular complexity index is 429. The third-order valence-electron chi connectivity index (χ3n) is 5.75. The SMILES string of the molecule is CCCCCCCCCC(CCCC)(CCCC)c1ccccc1O. The van der Waals surface area contributed by atoms with E-state index in [2.05, 4.69) is 32.9 Å². The van der Waals surface area contributed by atoms with Crippen molar-refractivity contribution in [2.45, 2.75) is 116 Å². The Labute approximate surface area is 157 Å². The van der Waals surface area contributed by atoms with E-state index in [0.717, 1.165) is 0 Å². The van der Waals surface area contributed by atoms with Crippen LogP contribution in [-0.2, 0) is 5.41 Å². The third kappa shape index (κ3) is 7.84. The maximum absolute atomic E-state index is 10.5. The molecule has 1 aromatic carbocycles. The second-order valence-electron chi connectivity index (χ2n) is 7.88. The van der Waals surface area contributed by atoms with Crippen molar-refractivity contribution >= 4 is 0 Å². The van der Waals surface area contributed by atoms with Gasteiger partial charge in [0.1, 0.15) is 5.75 Å². The topological polar surface area (TPSA) is 20.2 Å². The maximum atomic E-state index is 10.5. The number of para-hydroxylation sites is 1. The van der Waals surface area contributed by atoms with Crippen molar-refractivity contribution in [1.82, 2.24) is 0 Å². The average molecular weight is 347 g/mol. The molecular weight excluding hydrogens is 304 g/mol. The van der Waals surface area contributed by atoms with Gasteiger partial charge in [0.15, 0.2) is 0 Å². The Hall–Kier alpha value is -0.980. The molecule has 144 valence electrons. The van der Waals surface area contributed by atoms with Crippen molar-refractivity contribution in [2.75, 3.05) is 0 Å². The van der Waals surface area contributed by atoms with Gasteiger partial charge in [0.05, 0.1) is 0 Å². The fraction of sp³-hybridized carbons (Fsp3) is 0.750. The van der Waals surface area contributed by atoms with Gasteiger partial charge in [-0.25, -0.2) is 0 Å². The van der Waals surface area contributed by atoms with Crippen molar-refractivity contribution < 1.29 is 5.11 Å². The van der Waals surface area contributed by atoms with E-state index < -0.39 is 0 Å². The van der Waals surface area contributed by atoms with Crippen LogP contribution in [0.1, 0.15) is 116 Å². The average Bonchev–Trinajstić information content (AvgIpc) is 2.63. The normalized spacial score (nSPS) is 11.8. The molecule has 0 fully saturated rings. The maximum Gasteiger partial charge on any atom is 0.119 e. The van der Waals surface area contributed by atoms with Gasteiger partial charge in [-0.1, -0.05) is 110 Å². The van der Waals surface area contributed by atoms with Gasteiger partial charge in [-0.3, -0.25) is 0 Å². The Morgan fingerprint density at radius 3 is 1.68 bits per heavy atom. The highest BCUT2D eigenvalue weighted by Crippen LogP contribution is 2.43. The molecule has 1 nitrogen and oxygen atoms in total. The molecule has 0 bridgehead atoms. The third-order valence-corrected chi connectivity index (χ3v) is 5.75. The van der Waals surface area contributed by atoms with E-state index in [1.165, 1.54) is 95.5 Å². The van der Waals surface area contributed by atoms with Crippen LogP contribution in [0.4, 0.5) is 0 Å². The van der Waals surface area contributed by atoms with E-state index in [1.54, 1.807) is 0 Å². The van der Waals surface area contributed by atoms with E-state index >= 15 is 0 Å². The summed E-state index contributed by atoms with van der Waals surface area (Å²) in [5.41, 5.74) is 1.39. The van der Waals surface area contributed by atoms with Crippen LogP contribution in [0.25, 0.3) is 0 Å². The summed E-state index contributed by atoms with van der Waals surface area (Å²) in [6, 6.07) is 8.12. The molecule has 0 spiro atoms. The van der Waals surface area contributed by atoms with Crippen LogP contribution in [0, 0.1) is 0 Å². The van der Waals surface area contributed by atoms with Gasteiger partial charge in [-0.15, -0.1) is 0 Å². The molecule has 0 unspecified atom stereocenters. The van der Waals surface area contributed by atoms with Crippen LogP contribution in [-0.4, -0.2) is 5.11 Å². The van der Waals surface area contributed by atoms with Crippen molar-refractivity contribution in [2.24, 2.45) is 0 Å². The van der Waals surface area contributed by atoms with E-state index in [1.807, 2.05) is 12.1 Å². The van der Waals surface area contributed by atoms with E-state index in [4.69, 9.17) is 0 Å². The minimum atomic E-state index is 0.181. The summed E-state index contributed by atoms with van der Waals surface area (Å²) < 4.78 is 0. The minimum Gasteiger partial charge on any atom is -0.508 e. The quantitative estimate of drug-likeness (QED) is 0.318. The van der Waals surface area contributed by atoms with Crippen LogP contribution in [0.5, 0.6) is 5.75 Å². The number of benzene rings is 1. The Morgan fingerprint density at radius 2 is 1.12 bits per heavy atom. The van der Waals surface area contributed by atoms with Crippen LogP contribution in [0.2, 0.25) is 0 Å². The molecule has 0 aromatic heterocycles. The second kappa shape index (κ2) is 13.3. The molecule has 0 aliphatic carbocycles. The fourth-order valence-corrected chi connectivity index (χ4v) is 4.15. The molecule has 0 saturated heterocycles. The second-order valence-corrected chi connectivity index (χ2v) is 7.88. The van der Waals surface area contributed by atoms with Crippen molar-refractivity contribution in [3.8, 4) is 5.75 Å². The molecule has 25 heavy (non-hydrogen) atoms. The van der Waals surface area contributed by atoms with Gasteiger partial charge >= 0.3 is 0 Å². The molecular formula is C24H42O. The molecule has 0 radical (unpaired) electrons. The lowest BCUT2D eigenvalue weighted by Gasteiger charge is -2.35. The first-order chi connectivity index (χ1) is 12.2. The van der Waals surface area contributed by atoms with Gasteiger partial charge in [0.2, 0.25) is 0 Å². The number of aromatic hydroxyl groups is 1. The summed E-state index contributed by atoms with van der Waals surface area (Å²) in [6.07, 6.45) is 18.2. The summed E-state index contributed by atoms with van der Waals surface area (Å²) in [4.78, 5) is 0. The fourth-order valence-electron chi connectivity index (χ4n) is 4.15. The number of hydrogen-bond acceptors (Lipinski definition) is 1. The number of unbranched alkanes of at least 4 members (excludes halogenated alkanes) is 8. The first-order valence-corrected chi connectivity index (χ1v) is 11.0. The summed E-state index contributed by atoms with van der Waals surface area (Å²) in [7, 11) is 0. The highest BCUT2D eigenvalue weighted by molar-refractivity contribution is 5.38. The lowest BCUT2D eigenvalue weighted by atomic mass is 9.69. The summed E-state index contributed by atoms with van der Waals surface area (Å²) >= 11 is 0. The molecule has 0 amide bonds. The number of phenolic OH excluding ortho intramolecular Hbond substituents is 1. The highest BCUT2D eigenvalue weighted by Gasteiger charge is 2.32. The zero-order chi connectivity index (χ0) is 18.4. The smallest absolute Gasteiger partial charge is 0.119 e. The highest BCUT2D eigenvalue weighted by atomic mass is 16.3. The van der Waals surface area contributed by atoms with E-state index in [0.29, 0.717) is 5.75 Å². The molecule has 0 heterocycles.